The molecule has 0 aromatic heterocycles. The number of aryl methyl sites for hydroxylation is 1. The fourth-order valence-corrected chi connectivity index (χ4v) is 2.89. The van der Waals surface area contributed by atoms with E-state index in [2.05, 4.69) is 5.32 Å². The van der Waals surface area contributed by atoms with Crippen molar-refractivity contribution in [1.82, 2.24) is 4.90 Å². The van der Waals surface area contributed by atoms with E-state index in [1.165, 1.54) is 7.11 Å². The topological polar surface area (TPSA) is 67.9 Å². The average Bonchev–Trinajstić information content (AvgIpc) is 2.58. The maximum Gasteiger partial charge on any atom is 0.321 e. The highest BCUT2D eigenvalue weighted by Crippen LogP contribution is 2.31. The van der Waals surface area contributed by atoms with Gasteiger partial charge in [0.1, 0.15) is 5.75 Å². The normalized spacial score (nSPS) is 17.3. The fraction of sp³-hybridized carbons (Fsp3) is 0.529. The molecule has 7 heteroatoms. The molecule has 2 amide bonds. The van der Waals surface area contributed by atoms with Crippen molar-refractivity contribution in [3.8, 4) is 5.75 Å². The number of esters is 1. The summed E-state index contributed by atoms with van der Waals surface area (Å²) in [6.07, 6.45) is 1.51. The Bertz CT molecular complexity index is 621. The van der Waals surface area contributed by atoms with E-state index >= 15 is 0 Å². The summed E-state index contributed by atoms with van der Waals surface area (Å²) in [4.78, 5) is 26.1. The van der Waals surface area contributed by atoms with Crippen LogP contribution in [-0.4, -0.2) is 43.7 Å². The van der Waals surface area contributed by atoms with Crippen LogP contribution < -0.4 is 10.1 Å². The minimum absolute atomic E-state index is 0.241. The number of piperidine rings is 1. The van der Waals surface area contributed by atoms with Crippen LogP contribution in [0.5, 0.6) is 5.75 Å². The van der Waals surface area contributed by atoms with Gasteiger partial charge in [-0.1, -0.05) is 11.6 Å². The van der Waals surface area contributed by atoms with Crippen LogP contribution in [0.15, 0.2) is 12.1 Å². The largest absolute Gasteiger partial charge is 0.495 e. The summed E-state index contributed by atoms with van der Waals surface area (Å²) in [7, 11) is 1.52. The van der Waals surface area contributed by atoms with Gasteiger partial charge in [-0.15, -0.1) is 0 Å². The third kappa shape index (κ3) is 4.32. The Kier molecular flexibility index (Phi) is 6.31. The number of amides is 2. The maximum atomic E-state index is 12.5. The number of methoxy groups -OCH3 is 1. The number of rotatable bonds is 4. The van der Waals surface area contributed by atoms with Crippen molar-refractivity contribution in [3.63, 3.8) is 0 Å². The fourth-order valence-electron chi connectivity index (χ4n) is 2.74. The van der Waals surface area contributed by atoms with Gasteiger partial charge in [-0.2, -0.15) is 0 Å². The number of urea groups is 1. The summed E-state index contributed by atoms with van der Waals surface area (Å²) < 4.78 is 10.3. The first-order valence-electron chi connectivity index (χ1n) is 8.03. The molecular weight excluding hydrogens is 332 g/mol. The number of hydrogen-bond acceptors (Lipinski definition) is 4. The minimum Gasteiger partial charge on any atom is -0.495 e. The Morgan fingerprint density at radius 2 is 2.17 bits per heavy atom. The number of carbonyl (C=O) groups is 2. The molecule has 1 aliphatic heterocycles. The molecule has 1 aromatic carbocycles. The van der Waals surface area contributed by atoms with Gasteiger partial charge < -0.3 is 19.7 Å². The standard InChI is InChI=1S/C17H23ClN2O4/c1-4-24-16(21)12-6-5-7-20(10-12)17(22)19-14-8-11(2)13(18)9-15(14)23-3/h8-9,12H,4-7,10H2,1-3H3,(H,19,22). The predicted octanol–water partition coefficient (Wildman–Crippen LogP) is 3.46. The molecule has 1 N–H and O–H groups in total. The Morgan fingerprint density at radius 1 is 1.42 bits per heavy atom. The van der Waals surface area contributed by atoms with Crippen molar-refractivity contribution in [1.29, 1.82) is 0 Å². The second-order valence-corrected chi connectivity index (χ2v) is 6.18. The number of carbonyl (C=O) groups excluding carboxylic acids is 2. The second-order valence-electron chi connectivity index (χ2n) is 5.77. The van der Waals surface area contributed by atoms with Gasteiger partial charge in [0, 0.05) is 24.2 Å². The lowest BCUT2D eigenvalue weighted by atomic mass is 9.98. The summed E-state index contributed by atoms with van der Waals surface area (Å²) in [6, 6.07) is 3.18. The van der Waals surface area contributed by atoms with E-state index in [4.69, 9.17) is 21.1 Å². The first kappa shape index (κ1) is 18.4. The van der Waals surface area contributed by atoms with Gasteiger partial charge in [-0.25, -0.2) is 4.79 Å². The van der Waals surface area contributed by atoms with Gasteiger partial charge in [0.15, 0.2) is 0 Å². The number of anilines is 1. The van der Waals surface area contributed by atoms with Crippen molar-refractivity contribution >= 4 is 29.3 Å². The number of nitrogens with zero attached hydrogens (tertiary/aromatic N) is 1. The van der Waals surface area contributed by atoms with Crippen molar-refractivity contribution in [3.05, 3.63) is 22.7 Å². The highest BCUT2D eigenvalue weighted by atomic mass is 35.5. The number of halogens is 1. The molecule has 0 bridgehead atoms. The Labute approximate surface area is 147 Å². The van der Waals surface area contributed by atoms with Gasteiger partial charge in [0.25, 0.3) is 0 Å². The number of hydrogen-bond donors (Lipinski definition) is 1. The molecule has 1 aromatic rings. The van der Waals surface area contributed by atoms with Crippen molar-refractivity contribution in [2.45, 2.75) is 26.7 Å². The molecule has 2 rings (SSSR count). The molecule has 24 heavy (non-hydrogen) atoms. The maximum absolute atomic E-state index is 12.5. The Morgan fingerprint density at radius 3 is 2.83 bits per heavy atom. The molecule has 1 atom stereocenters. The molecule has 1 heterocycles. The zero-order chi connectivity index (χ0) is 17.7. The molecule has 0 spiro atoms. The summed E-state index contributed by atoms with van der Waals surface area (Å²) in [5.41, 5.74) is 1.40. The SMILES string of the molecule is CCOC(=O)C1CCCN(C(=O)Nc2cc(C)c(Cl)cc2OC)C1. The van der Waals surface area contributed by atoms with Gasteiger partial charge in [0.05, 0.1) is 25.3 Å². The highest BCUT2D eigenvalue weighted by Gasteiger charge is 2.29. The molecule has 0 radical (unpaired) electrons. The van der Waals surface area contributed by atoms with Crippen LogP contribution in [0.4, 0.5) is 10.5 Å². The molecule has 0 saturated carbocycles. The number of ether oxygens (including phenoxy) is 2. The van der Waals surface area contributed by atoms with Crippen molar-refractivity contribution < 1.29 is 19.1 Å². The van der Waals surface area contributed by atoms with Crippen molar-refractivity contribution in [2.75, 3.05) is 32.1 Å². The van der Waals surface area contributed by atoms with Crippen molar-refractivity contribution in [2.24, 2.45) is 5.92 Å². The zero-order valence-corrected chi connectivity index (χ0v) is 15.0. The van der Waals surface area contributed by atoms with Crippen LogP contribution in [0, 0.1) is 12.8 Å². The summed E-state index contributed by atoms with van der Waals surface area (Å²) >= 11 is 6.08. The summed E-state index contributed by atoms with van der Waals surface area (Å²) in [5.74, 6) is -0.00822. The molecule has 1 saturated heterocycles. The lowest BCUT2D eigenvalue weighted by Crippen LogP contribution is -2.44. The summed E-state index contributed by atoms with van der Waals surface area (Å²) in [5, 5.41) is 3.42. The number of benzene rings is 1. The van der Waals surface area contributed by atoms with Crippen LogP contribution in [0.2, 0.25) is 5.02 Å². The molecule has 1 unspecified atom stereocenters. The number of nitrogens with one attached hydrogen (secondary N) is 1. The quantitative estimate of drug-likeness (QED) is 0.841. The highest BCUT2D eigenvalue weighted by molar-refractivity contribution is 6.31. The molecule has 0 aliphatic carbocycles. The van der Waals surface area contributed by atoms with Crippen LogP contribution in [-0.2, 0) is 9.53 Å². The smallest absolute Gasteiger partial charge is 0.321 e. The zero-order valence-electron chi connectivity index (χ0n) is 14.2. The lowest BCUT2D eigenvalue weighted by Gasteiger charge is -2.31. The molecule has 1 aliphatic rings. The van der Waals surface area contributed by atoms with Gasteiger partial charge in [-0.05, 0) is 38.3 Å². The van der Waals surface area contributed by atoms with Crippen LogP contribution in [0.3, 0.4) is 0 Å². The van der Waals surface area contributed by atoms with Gasteiger partial charge in [-0.3, -0.25) is 4.79 Å². The first-order valence-corrected chi connectivity index (χ1v) is 8.40. The van der Waals surface area contributed by atoms with E-state index in [0.717, 1.165) is 18.4 Å². The Balaban J connectivity index is 2.07. The molecule has 6 nitrogen and oxygen atoms in total. The monoisotopic (exact) mass is 354 g/mol. The minimum atomic E-state index is -0.265. The van der Waals surface area contributed by atoms with E-state index in [9.17, 15) is 9.59 Å². The molecular formula is C17H23ClN2O4. The Hall–Kier alpha value is -1.95. The van der Waals surface area contributed by atoms with E-state index in [1.807, 2.05) is 6.92 Å². The molecule has 1 fully saturated rings. The van der Waals surface area contributed by atoms with Crippen LogP contribution >= 0.6 is 11.6 Å². The second kappa shape index (κ2) is 8.24. The first-order chi connectivity index (χ1) is 11.5. The van der Waals surface area contributed by atoms with Gasteiger partial charge >= 0.3 is 12.0 Å². The van der Waals surface area contributed by atoms with Gasteiger partial charge in [0.2, 0.25) is 0 Å². The molecule has 132 valence electrons. The van der Waals surface area contributed by atoms with E-state index in [-0.39, 0.29) is 17.9 Å². The van der Waals surface area contributed by atoms with Crippen LogP contribution in [0.25, 0.3) is 0 Å². The number of likely N-dealkylation sites (tertiary alicyclic amines) is 1. The average molecular weight is 355 g/mol. The van der Waals surface area contributed by atoms with Crippen LogP contribution in [0.1, 0.15) is 25.3 Å². The van der Waals surface area contributed by atoms with E-state index in [0.29, 0.717) is 36.2 Å². The lowest BCUT2D eigenvalue weighted by molar-refractivity contribution is -0.149. The summed E-state index contributed by atoms with van der Waals surface area (Å²) in [6.45, 7) is 4.95. The third-order valence-corrected chi connectivity index (χ3v) is 4.46. The van der Waals surface area contributed by atoms with E-state index < -0.39 is 0 Å². The van der Waals surface area contributed by atoms with E-state index in [1.54, 1.807) is 24.0 Å². The predicted molar refractivity (Wildman–Crippen MR) is 92.7 cm³/mol. The third-order valence-electron chi connectivity index (χ3n) is 4.05.